The van der Waals surface area contributed by atoms with E-state index in [0.29, 0.717) is 17.0 Å². The quantitative estimate of drug-likeness (QED) is 0.562. The molecule has 2 heterocycles. The number of carboxylic acid groups (broad SMARTS) is 1. The highest BCUT2D eigenvalue weighted by Crippen LogP contribution is 2.31. The van der Waals surface area contributed by atoms with Crippen molar-refractivity contribution in [3.63, 3.8) is 0 Å². The van der Waals surface area contributed by atoms with E-state index in [1.54, 1.807) is 25.1 Å². The molecule has 1 fully saturated rings. The number of benzene rings is 1. The molecule has 180 valence electrons. The Morgan fingerprint density at radius 2 is 2.06 bits per heavy atom. The fourth-order valence-electron chi connectivity index (χ4n) is 3.31. The van der Waals surface area contributed by atoms with Crippen molar-refractivity contribution in [1.29, 1.82) is 0 Å². The Labute approximate surface area is 190 Å². The number of halogens is 4. The molecule has 0 unspecified atom stereocenters. The van der Waals surface area contributed by atoms with E-state index in [9.17, 15) is 27.9 Å². The molecule has 2 amide bonds. The summed E-state index contributed by atoms with van der Waals surface area (Å²) in [4.78, 5) is 25.4. The van der Waals surface area contributed by atoms with Crippen LogP contribution in [0.15, 0.2) is 22.6 Å². The maximum atomic E-state index is 12.5. The number of nitrogens with one attached hydrogen (secondary N) is 1. The van der Waals surface area contributed by atoms with Gasteiger partial charge in [-0.15, -0.1) is 18.3 Å². The Morgan fingerprint density at radius 1 is 1.30 bits per heavy atom. The van der Waals surface area contributed by atoms with E-state index in [2.05, 4.69) is 20.3 Å². The number of rotatable bonds is 7. The van der Waals surface area contributed by atoms with E-state index in [1.807, 2.05) is 0 Å². The summed E-state index contributed by atoms with van der Waals surface area (Å²) in [5.74, 6) is -0.430. The van der Waals surface area contributed by atoms with E-state index in [-0.39, 0.29) is 24.8 Å². The summed E-state index contributed by atoms with van der Waals surface area (Å²) in [6, 6.07) is 3.56. The van der Waals surface area contributed by atoms with Gasteiger partial charge >= 0.3 is 18.5 Å². The molecule has 1 aromatic heterocycles. The fourth-order valence-corrected chi connectivity index (χ4v) is 3.43. The summed E-state index contributed by atoms with van der Waals surface area (Å²) < 4.78 is 49.6. The van der Waals surface area contributed by atoms with Crippen LogP contribution in [0.4, 0.5) is 18.0 Å². The first-order valence-corrected chi connectivity index (χ1v) is 10.1. The second-order valence-electron chi connectivity index (χ2n) is 7.21. The van der Waals surface area contributed by atoms with Gasteiger partial charge in [-0.25, -0.2) is 4.79 Å². The topological polar surface area (TPSA) is 127 Å². The minimum absolute atomic E-state index is 0.0314. The van der Waals surface area contributed by atoms with Gasteiger partial charge in [-0.2, -0.15) is 0 Å². The van der Waals surface area contributed by atoms with Gasteiger partial charge in [0.1, 0.15) is 12.6 Å². The van der Waals surface area contributed by atoms with Crippen molar-refractivity contribution < 1.29 is 41.8 Å². The lowest BCUT2D eigenvalue weighted by Crippen LogP contribution is -2.50. The summed E-state index contributed by atoms with van der Waals surface area (Å²) in [7, 11) is 0. The standard InChI is InChI=1S/C19H20ClF3N4O6/c1-10-8-11(2-4-13(10)20)15(28)24-12-3-5-14(27(9-12)18(29)30)16-25-26-17(33-16)31-6-7-32-19(21,22)23/h2,4,8,12,14H,3,5-7,9H2,1H3,(H,24,28)(H,29,30)/t12-,14+/m0/s1. The molecular weight excluding hydrogens is 473 g/mol. The molecule has 0 saturated carbocycles. The van der Waals surface area contributed by atoms with Crippen LogP contribution in [0.2, 0.25) is 5.02 Å². The van der Waals surface area contributed by atoms with Gasteiger partial charge in [-0.3, -0.25) is 14.4 Å². The van der Waals surface area contributed by atoms with E-state index < -0.39 is 43.8 Å². The predicted octanol–water partition coefficient (Wildman–Crippen LogP) is 3.56. The summed E-state index contributed by atoms with van der Waals surface area (Å²) in [5, 5.41) is 20.3. The lowest BCUT2D eigenvalue weighted by atomic mass is 9.98. The average Bonchev–Trinajstić information content (AvgIpc) is 3.21. The molecule has 0 radical (unpaired) electrons. The zero-order valence-electron chi connectivity index (χ0n) is 17.3. The highest BCUT2D eigenvalue weighted by atomic mass is 35.5. The smallest absolute Gasteiger partial charge is 0.465 e. The van der Waals surface area contributed by atoms with Crippen LogP contribution < -0.4 is 10.1 Å². The zero-order valence-corrected chi connectivity index (χ0v) is 18.0. The first kappa shape index (κ1) is 24.6. The van der Waals surface area contributed by atoms with Crippen molar-refractivity contribution >= 4 is 23.6 Å². The van der Waals surface area contributed by atoms with E-state index in [4.69, 9.17) is 20.8 Å². The second-order valence-corrected chi connectivity index (χ2v) is 7.62. The number of aryl methyl sites for hydroxylation is 1. The Bertz CT molecular complexity index is 1000. The molecular formula is C19H20ClF3N4O6. The number of aromatic nitrogens is 2. The molecule has 1 aliphatic heterocycles. The Balaban J connectivity index is 1.59. The van der Waals surface area contributed by atoms with Gasteiger partial charge in [-0.05, 0) is 43.5 Å². The summed E-state index contributed by atoms with van der Waals surface area (Å²) >= 11 is 5.98. The van der Waals surface area contributed by atoms with Crippen molar-refractivity contribution in [3.05, 3.63) is 40.2 Å². The number of hydrogen-bond donors (Lipinski definition) is 2. The van der Waals surface area contributed by atoms with Crippen LogP contribution in [0.5, 0.6) is 6.08 Å². The predicted molar refractivity (Wildman–Crippen MR) is 106 cm³/mol. The number of amides is 2. The molecule has 33 heavy (non-hydrogen) atoms. The van der Waals surface area contributed by atoms with Gasteiger partial charge < -0.3 is 19.6 Å². The zero-order chi connectivity index (χ0) is 24.2. The minimum Gasteiger partial charge on any atom is -0.465 e. The van der Waals surface area contributed by atoms with Gasteiger partial charge in [-0.1, -0.05) is 16.7 Å². The van der Waals surface area contributed by atoms with Crippen LogP contribution in [-0.2, 0) is 4.74 Å². The number of nitrogens with zero attached hydrogens (tertiary/aromatic N) is 3. The number of hydrogen-bond acceptors (Lipinski definition) is 7. The van der Waals surface area contributed by atoms with Crippen LogP contribution in [0.1, 0.15) is 40.7 Å². The molecule has 1 aliphatic rings. The molecule has 3 rings (SSSR count). The highest BCUT2D eigenvalue weighted by Gasteiger charge is 2.37. The molecule has 2 N–H and O–H groups in total. The second kappa shape index (κ2) is 10.3. The highest BCUT2D eigenvalue weighted by molar-refractivity contribution is 6.31. The number of alkyl halides is 3. The normalized spacial score (nSPS) is 18.8. The van der Waals surface area contributed by atoms with Gasteiger partial charge in [0.2, 0.25) is 5.89 Å². The SMILES string of the molecule is Cc1cc(C(=O)N[C@H]2CC[C@H](c3nnc(OCCOC(F)(F)F)o3)N(C(=O)O)C2)ccc1Cl. The summed E-state index contributed by atoms with van der Waals surface area (Å²) in [5.41, 5.74) is 1.13. The van der Waals surface area contributed by atoms with Crippen LogP contribution in [-0.4, -0.2) is 64.4 Å². The van der Waals surface area contributed by atoms with Gasteiger partial charge in [0.05, 0.1) is 6.61 Å². The van der Waals surface area contributed by atoms with Crippen molar-refractivity contribution in [2.24, 2.45) is 0 Å². The minimum atomic E-state index is -4.79. The Morgan fingerprint density at radius 3 is 2.73 bits per heavy atom. The molecule has 1 saturated heterocycles. The van der Waals surface area contributed by atoms with Crippen molar-refractivity contribution in [1.82, 2.24) is 20.4 Å². The average molecular weight is 493 g/mol. The number of carbonyl (C=O) groups is 2. The monoisotopic (exact) mass is 492 g/mol. The summed E-state index contributed by atoms with van der Waals surface area (Å²) in [6.07, 6.45) is -5.78. The van der Waals surface area contributed by atoms with Crippen molar-refractivity contribution in [2.45, 2.75) is 38.2 Å². The number of likely N-dealkylation sites (tertiary alicyclic amines) is 1. The molecule has 1 aromatic carbocycles. The van der Waals surface area contributed by atoms with Crippen LogP contribution in [0, 0.1) is 6.92 Å². The molecule has 0 spiro atoms. The molecule has 14 heteroatoms. The van der Waals surface area contributed by atoms with E-state index >= 15 is 0 Å². The van der Waals surface area contributed by atoms with E-state index in [0.717, 1.165) is 10.5 Å². The van der Waals surface area contributed by atoms with Crippen LogP contribution >= 0.6 is 11.6 Å². The van der Waals surface area contributed by atoms with Crippen LogP contribution in [0.25, 0.3) is 0 Å². The fraction of sp³-hybridized carbons (Fsp3) is 0.474. The first-order valence-electron chi connectivity index (χ1n) is 9.77. The molecule has 2 aromatic rings. The number of carbonyl (C=O) groups excluding carboxylic acids is 1. The van der Waals surface area contributed by atoms with Gasteiger partial charge in [0.25, 0.3) is 5.91 Å². The molecule has 10 nitrogen and oxygen atoms in total. The maximum Gasteiger partial charge on any atom is 0.522 e. The lowest BCUT2D eigenvalue weighted by molar-refractivity contribution is -0.325. The van der Waals surface area contributed by atoms with E-state index in [1.165, 1.54) is 0 Å². The van der Waals surface area contributed by atoms with Gasteiger partial charge in [0, 0.05) is 23.2 Å². The molecule has 0 bridgehead atoms. The third-order valence-electron chi connectivity index (χ3n) is 4.86. The van der Waals surface area contributed by atoms with Crippen molar-refractivity contribution in [3.8, 4) is 6.08 Å². The Hall–Kier alpha value is -3.06. The van der Waals surface area contributed by atoms with Crippen LogP contribution in [0.3, 0.4) is 0 Å². The summed E-state index contributed by atoms with van der Waals surface area (Å²) in [6.45, 7) is 0.464. The Kier molecular flexibility index (Phi) is 7.64. The molecule has 0 aliphatic carbocycles. The lowest BCUT2D eigenvalue weighted by Gasteiger charge is -2.36. The maximum absolute atomic E-state index is 12.5. The molecule has 2 atom stereocenters. The third-order valence-corrected chi connectivity index (χ3v) is 5.29. The van der Waals surface area contributed by atoms with Crippen molar-refractivity contribution in [2.75, 3.05) is 19.8 Å². The number of ether oxygens (including phenoxy) is 2. The largest absolute Gasteiger partial charge is 0.522 e. The number of piperidine rings is 1. The first-order chi connectivity index (χ1) is 15.5. The third kappa shape index (κ3) is 6.71. The van der Waals surface area contributed by atoms with Gasteiger partial charge in [0.15, 0.2) is 0 Å².